The van der Waals surface area contributed by atoms with E-state index in [0.717, 1.165) is 22.1 Å². The summed E-state index contributed by atoms with van der Waals surface area (Å²) in [5.41, 5.74) is 0.742. The van der Waals surface area contributed by atoms with Crippen molar-refractivity contribution in [2.45, 2.75) is 19.3 Å². The Morgan fingerprint density at radius 3 is 2.39 bits per heavy atom. The second kappa shape index (κ2) is 6.08. The van der Waals surface area contributed by atoms with E-state index in [1.165, 1.54) is 0 Å². The van der Waals surface area contributed by atoms with Crippen LogP contribution in [0.15, 0.2) is 36.4 Å². The van der Waals surface area contributed by atoms with Crippen molar-refractivity contribution in [3.8, 4) is 5.75 Å². The zero-order chi connectivity index (χ0) is 16.4. The highest BCUT2D eigenvalue weighted by molar-refractivity contribution is 6.01. The lowest BCUT2D eigenvalue weighted by Gasteiger charge is -2.12. The molecular formula is C17H15NO5. The lowest BCUT2D eigenvalue weighted by molar-refractivity contribution is -0.197. The van der Waals surface area contributed by atoms with E-state index in [-0.39, 0.29) is 19.3 Å². The molecule has 1 aliphatic rings. The van der Waals surface area contributed by atoms with Crippen LogP contribution in [0.3, 0.4) is 0 Å². The number of benzene rings is 2. The van der Waals surface area contributed by atoms with Gasteiger partial charge in [0, 0.05) is 12.8 Å². The quantitative estimate of drug-likeness (QED) is 0.807. The van der Waals surface area contributed by atoms with Crippen LogP contribution in [-0.2, 0) is 25.6 Å². The van der Waals surface area contributed by atoms with Gasteiger partial charge in [-0.1, -0.05) is 24.3 Å². The first-order valence-electron chi connectivity index (χ1n) is 7.20. The van der Waals surface area contributed by atoms with E-state index in [2.05, 4.69) is 0 Å². The molecule has 118 valence electrons. The van der Waals surface area contributed by atoms with Gasteiger partial charge in [0.05, 0.1) is 13.5 Å². The Balaban J connectivity index is 1.72. The lowest BCUT2D eigenvalue weighted by atomic mass is 10.0. The van der Waals surface area contributed by atoms with Crippen molar-refractivity contribution in [2.75, 3.05) is 7.11 Å². The topological polar surface area (TPSA) is 72.9 Å². The number of rotatable bonds is 4. The van der Waals surface area contributed by atoms with E-state index in [4.69, 9.17) is 9.57 Å². The monoisotopic (exact) mass is 313 g/mol. The van der Waals surface area contributed by atoms with Gasteiger partial charge >= 0.3 is 5.97 Å². The first kappa shape index (κ1) is 15.0. The summed E-state index contributed by atoms with van der Waals surface area (Å²) in [4.78, 5) is 39.6. The number of hydrogen-bond donors (Lipinski definition) is 0. The van der Waals surface area contributed by atoms with Gasteiger partial charge in [-0.05, 0) is 28.5 Å². The maximum atomic E-state index is 11.9. The summed E-state index contributed by atoms with van der Waals surface area (Å²) < 4.78 is 5.17. The molecule has 1 fully saturated rings. The van der Waals surface area contributed by atoms with Crippen LogP contribution in [-0.4, -0.2) is 30.0 Å². The molecule has 23 heavy (non-hydrogen) atoms. The molecule has 1 heterocycles. The molecule has 0 radical (unpaired) electrons. The first-order chi connectivity index (χ1) is 11.1. The van der Waals surface area contributed by atoms with Crippen LogP contribution < -0.4 is 4.74 Å². The van der Waals surface area contributed by atoms with E-state index in [1.807, 2.05) is 30.3 Å². The van der Waals surface area contributed by atoms with Crippen molar-refractivity contribution < 1.29 is 24.0 Å². The third kappa shape index (κ3) is 3.15. The minimum Gasteiger partial charge on any atom is -0.497 e. The van der Waals surface area contributed by atoms with Crippen molar-refractivity contribution in [3.63, 3.8) is 0 Å². The zero-order valence-corrected chi connectivity index (χ0v) is 12.6. The molecule has 0 spiro atoms. The van der Waals surface area contributed by atoms with Crippen molar-refractivity contribution in [3.05, 3.63) is 42.0 Å². The minimum absolute atomic E-state index is 0.0149. The number of carbonyl (C=O) groups is 3. The average Bonchev–Trinajstić information content (AvgIpc) is 2.86. The molecular weight excluding hydrogens is 298 g/mol. The van der Waals surface area contributed by atoms with Gasteiger partial charge in [-0.2, -0.15) is 0 Å². The van der Waals surface area contributed by atoms with Gasteiger partial charge in [0.15, 0.2) is 0 Å². The molecule has 2 amide bonds. The number of methoxy groups -OCH3 is 1. The zero-order valence-electron chi connectivity index (χ0n) is 12.6. The summed E-state index contributed by atoms with van der Waals surface area (Å²) in [6, 6.07) is 11.2. The standard InChI is InChI=1S/C17H15NO5/c1-22-14-5-4-12-8-11(2-3-13(12)10-14)9-17(21)23-18-15(19)6-7-16(18)20/h2-5,8,10H,6-7,9H2,1H3. The summed E-state index contributed by atoms with van der Waals surface area (Å²) in [5.74, 6) is -0.833. The Hall–Kier alpha value is -2.89. The largest absolute Gasteiger partial charge is 0.497 e. The van der Waals surface area contributed by atoms with Crippen LogP contribution >= 0.6 is 0 Å². The minimum atomic E-state index is -0.638. The van der Waals surface area contributed by atoms with Crippen molar-refractivity contribution in [1.82, 2.24) is 5.06 Å². The molecule has 0 saturated carbocycles. The van der Waals surface area contributed by atoms with Crippen LogP contribution in [0.2, 0.25) is 0 Å². The van der Waals surface area contributed by atoms with Crippen LogP contribution in [0, 0.1) is 0 Å². The third-order valence-electron chi connectivity index (χ3n) is 3.66. The second-order valence-corrected chi connectivity index (χ2v) is 5.27. The van der Waals surface area contributed by atoms with Gasteiger partial charge < -0.3 is 9.57 Å². The van der Waals surface area contributed by atoms with E-state index >= 15 is 0 Å². The maximum absolute atomic E-state index is 11.9. The van der Waals surface area contributed by atoms with E-state index in [0.29, 0.717) is 5.06 Å². The predicted octanol–water partition coefficient (Wildman–Crippen LogP) is 2.00. The molecule has 2 aromatic rings. The van der Waals surface area contributed by atoms with Crippen molar-refractivity contribution in [2.24, 2.45) is 0 Å². The normalized spacial score (nSPS) is 14.4. The van der Waals surface area contributed by atoms with Crippen LogP contribution in [0.1, 0.15) is 18.4 Å². The number of ether oxygens (including phenoxy) is 1. The number of hydrogen-bond acceptors (Lipinski definition) is 5. The highest BCUT2D eigenvalue weighted by atomic mass is 16.7. The fraction of sp³-hybridized carbons (Fsp3) is 0.235. The van der Waals surface area contributed by atoms with Gasteiger partial charge in [-0.25, -0.2) is 4.79 Å². The van der Waals surface area contributed by atoms with Gasteiger partial charge in [-0.15, -0.1) is 5.06 Å². The van der Waals surface area contributed by atoms with Gasteiger partial charge in [-0.3, -0.25) is 9.59 Å². The number of nitrogens with zero attached hydrogens (tertiary/aromatic N) is 1. The predicted molar refractivity (Wildman–Crippen MR) is 81.4 cm³/mol. The van der Waals surface area contributed by atoms with Crippen molar-refractivity contribution in [1.29, 1.82) is 0 Å². The number of hydroxylamine groups is 2. The number of carbonyl (C=O) groups excluding carboxylic acids is 3. The molecule has 0 aliphatic carbocycles. The lowest BCUT2D eigenvalue weighted by Crippen LogP contribution is -2.32. The van der Waals surface area contributed by atoms with E-state index in [1.54, 1.807) is 13.2 Å². The molecule has 0 aromatic heterocycles. The molecule has 2 aromatic carbocycles. The number of fused-ring (bicyclic) bond motifs is 1. The van der Waals surface area contributed by atoms with Gasteiger partial charge in [0.1, 0.15) is 5.75 Å². The van der Waals surface area contributed by atoms with Crippen molar-refractivity contribution >= 4 is 28.6 Å². The number of amides is 2. The smallest absolute Gasteiger partial charge is 0.337 e. The highest BCUT2D eigenvalue weighted by Crippen LogP contribution is 2.22. The fourth-order valence-electron chi connectivity index (χ4n) is 2.47. The van der Waals surface area contributed by atoms with Gasteiger partial charge in [0.25, 0.3) is 11.8 Å². The summed E-state index contributed by atoms with van der Waals surface area (Å²) in [6.07, 6.45) is 0.160. The summed E-state index contributed by atoms with van der Waals surface area (Å²) >= 11 is 0. The van der Waals surface area contributed by atoms with Crippen LogP contribution in [0.25, 0.3) is 10.8 Å². The summed E-state index contributed by atoms with van der Waals surface area (Å²) in [6.45, 7) is 0. The second-order valence-electron chi connectivity index (χ2n) is 5.27. The SMILES string of the molecule is COc1ccc2cc(CC(=O)ON3C(=O)CCC3=O)ccc2c1. The third-order valence-corrected chi connectivity index (χ3v) is 3.66. The average molecular weight is 313 g/mol. The Kier molecular flexibility index (Phi) is 3.97. The van der Waals surface area contributed by atoms with Gasteiger partial charge in [0.2, 0.25) is 0 Å². The molecule has 0 atom stereocenters. The molecule has 1 aliphatic heterocycles. The molecule has 0 bridgehead atoms. The Morgan fingerprint density at radius 1 is 1.04 bits per heavy atom. The molecule has 0 unspecified atom stereocenters. The highest BCUT2D eigenvalue weighted by Gasteiger charge is 2.32. The number of imide groups is 1. The first-order valence-corrected chi connectivity index (χ1v) is 7.20. The molecule has 0 N–H and O–H groups in total. The molecule has 6 nitrogen and oxygen atoms in total. The Morgan fingerprint density at radius 2 is 1.70 bits per heavy atom. The van der Waals surface area contributed by atoms with E-state index in [9.17, 15) is 14.4 Å². The fourth-order valence-corrected chi connectivity index (χ4v) is 2.47. The maximum Gasteiger partial charge on any atom is 0.337 e. The van der Waals surface area contributed by atoms with Crippen LogP contribution in [0.4, 0.5) is 0 Å². The summed E-state index contributed by atoms with van der Waals surface area (Å²) in [7, 11) is 1.60. The molecule has 6 heteroatoms. The Labute approximate surface area is 132 Å². The molecule has 3 rings (SSSR count). The Bertz CT molecular complexity index is 783. The summed E-state index contributed by atoms with van der Waals surface area (Å²) in [5, 5.41) is 2.52. The van der Waals surface area contributed by atoms with E-state index < -0.39 is 17.8 Å². The molecule has 1 saturated heterocycles. The van der Waals surface area contributed by atoms with Crippen LogP contribution in [0.5, 0.6) is 5.75 Å².